The SMILES string of the molecule is C[C@@H]1CN(CC(=O)NCCN2CCOCC2)c2ccccc2S1. The summed E-state index contributed by atoms with van der Waals surface area (Å²) in [6, 6.07) is 8.34. The molecule has 3 rings (SSSR count). The molecule has 6 heteroatoms. The molecule has 2 aliphatic rings. The Morgan fingerprint density at radius 3 is 2.96 bits per heavy atom. The van der Waals surface area contributed by atoms with Crippen molar-refractivity contribution < 1.29 is 9.53 Å². The van der Waals surface area contributed by atoms with E-state index in [-0.39, 0.29) is 5.91 Å². The van der Waals surface area contributed by atoms with Gasteiger partial charge in [-0.3, -0.25) is 9.69 Å². The van der Waals surface area contributed by atoms with E-state index in [1.54, 1.807) is 0 Å². The van der Waals surface area contributed by atoms with Gasteiger partial charge >= 0.3 is 0 Å². The molecule has 5 nitrogen and oxygen atoms in total. The van der Waals surface area contributed by atoms with E-state index in [9.17, 15) is 4.79 Å². The molecule has 0 aliphatic carbocycles. The van der Waals surface area contributed by atoms with Crippen molar-refractivity contribution in [1.29, 1.82) is 0 Å². The number of benzene rings is 1. The molecule has 0 spiro atoms. The molecule has 1 saturated heterocycles. The van der Waals surface area contributed by atoms with Crippen molar-refractivity contribution in [2.24, 2.45) is 0 Å². The Bertz CT molecular complexity index is 534. The summed E-state index contributed by atoms with van der Waals surface area (Å²) < 4.78 is 5.33. The van der Waals surface area contributed by atoms with E-state index in [4.69, 9.17) is 4.74 Å². The molecule has 0 unspecified atom stereocenters. The zero-order chi connectivity index (χ0) is 16.1. The van der Waals surface area contributed by atoms with Gasteiger partial charge in [0.15, 0.2) is 0 Å². The lowest BCUT2D eigenvalue weighted by atomic mass is 10.2. The standard InChI is InChI=1S/C17H25N3O2S/c1-14-12-20(15-4-2-3-5-16(15)23-14)13-17(21)18-6-7-19-8-10-22-11-9-19/h2-5,14H,6-13H2,1H3,(H,18,21)/t14-/m1/s1. The first kappa shape index (κ1) is 16.6. The van der Waals surface area contributed by atoms with Crippen LogP contribution < -0.4 is 10.2 Å². The molecule has 1 aromatic rings. The number of ether oxygens (including phenoxy) is 1. The molecular weight excluding hydrogens is 310 g/mol. The summed E-state index contributed by atoms with van der Waals surface area (Å²) in [4.78, 5) is 18.1. The summed E-state index contributed by atoms with van der Waals surface area (Å²) in [5, 5.41) is 3.56. The maximum Gasteiger partial charge on any atom is 0.239 e. The number of nitrogens with one attached hydrogen (secondary N) is 1. The van der Waals surface area contributed by atoms with Crippen LogP contribution in [0, 0.1) is 0 Å². The van der Waals surface area contributed by atoms with Gasteiger partial charge in [0.25, 0.3) is 0 Å². The van der Waals surface area contributed by atoms with Crippen molar-refractivity contribution >= 4 is 23.4 Å². The first-order chi connectivity index (χ1) is 11.2. The Morgan fingerprint density at radius 1 is 1.35 bits per heavy atom. The van der Waals surface area contributed by atoms with Crippen LogP contribution >= 0.6 is 11.8 Å². The minimum atomic E-state index is 0.104. The molecule has 2 aliphatic heterocycles. The highest BCUT2D eigenvalue weighted by atomic mass is 32.2. The lowest BCUT2D eigenvalue weighted by Gasteiger charge is -2.33. The maximum absolute atomic E-state index is 12.3. The highest BCUT2D eigenvalue weighted by Crippen LogP contribution is 2.37. The number of hydrogen-bond acceptors (Lipinski definition) is 5. The number of morpholine rings is 1. The quantitative estimate of drug-likeness (QED) is 0.882. The molecule has 1 N–H and O–H groups in total. The second kappa shape index (κ2) is 8.04. The number of thioether (sulfide) groups is 1. The van der Waals surface area contributed by atoms with Crippen LogP contribution in [-0.4, -0.2) is 68.5 Å². The number of hydrogen-bond donors (Lipinski definition) is 1. The van der Waals surface area contributed by atoms with E-state index in [2.05, 4.69) is 40.2 Å². The zero-order valence-electron chi connectivity index (χ0n) is 13.7. The average molecular weight is 335 g/mol. The fraction of sp³-hybridized carbons (Fsp3) is 0.588. The van der Waals surface area contributed by atoms with Gasteiger partial charge in [-0.15, -0.1) is 11.8 Å². The number of anilines is 1. The average Bonchev–Trinajstić information content (AvgIpc) is 2.55. The fourth-order valence-corrected chi connectivity index (χ4v) is 4.20. The van der Waals surface area contributed by atoms with Gasteiger partial charge in [0.05, 0.1) is 25.4 Å². The first-order valence-electron chi connectivity index (χ1n) is 8.30. The van der Waals surface area contributed by atoms with Crippen molar-refractivity contribution in [1.82, 2.24) is 10.2 Å². The van der Waals surface area contributed by atoms with Crippen molar-refractivity contribution in [2.75, 3.05) is 57.4 Å². The largest absolute Gasteiger partial charge is 0.379 e. The van der Waals surface area contributed by atoms with Gasteiger partial charge in [0.1, 0.15) is 0 Å². The molecular formula is C17H25N3O2S. The molecule has 0 aromatic heterocycles. The lowest BCUT2D eigenvalue weighted by Crippen LogP contribution is -2.45. The van der Waals surface area contributed by atoms with Gasteiger partial charge in [-0.05, 0) is 12.1 Å². The van der Waals surface area contributed by atoms with Crippen molar-refractivity contribution in [3.8, 4) is 0 Å². The molecule has 0 saturated carbocycles. The molecule has 23 heavy (non-hydrogen) atoms. The third-order valence-corrected chi connectivity index (χ3v) is 5.35. The van der Waals surface area contributed by atoms with Gasteiger partial charge in [0.2, 0.25) is 5.91 Å². The fourth-order valence-electron chi connectivity index (χ4n) is 3.04. The lowest BCUT2D eigenvalue weighted by molar-refractivity contribution is -0.119. The third-order valence-electron chi connectivity index (χ3n) is 4.20. The van der Waals surface area contributed by atoms with E-state index in [0.717, 1.165) is 39.4 Å². The van der Waals surface area contributed by atoms with E-state index < -0.39 is 0 Å². The van der Waals surface area contributed by atoms with Crippen LogP contribution in [0.4, 0.5) is 5.69 Å². The highest BCUT2D eigenvalue weighted by Gasteiger charge is 2.23. The van der Waals surface area contributed by atoms with Crippen LogP contribution in [0.5, 0.6) is 0 Å². The highest BCUT2D eigenvalue weighted by molar-refractivity contribution is 8.00. The number of amides is 1. The second-order valence-corrected chi connectivity index (χ2v) is 7.56. The van der Waals surface area contributed by atoms with E-state index >= 15 is 0 Å². The van der Waals surface area contributed by atoms with Crippen LogP contribution in [0.1, 0.15) is 6.92 Å². The van der Waals surface area contributed by atoms with Crippen LogP contribution in [-0.2, 0) is 9.53 Å². The van der Waals surface area contributed by atoms with Gasteiger partial charge in [0, 0.05) is 42.9 Å². The van der Waals surface area contributed by atoms with Crippen LogP contribution in [0.3, 0.4) is 0 Å². The Kier molecular flexibility index (Phi) is 5.80. The molecule has 1 fully saturated rings. The summed E-state index contributed by atoms with van der Waals surface area (Å²) in [6.45, 7) is 8.69. The second-order valence-electron chi connectivity index (χ2n) is 6.08. The zero-order valence-corrected chi connectivity index (χ0v) is 14.5. The van der Waals surface area contributed by atoms with E-state index in [1.165, 1.54) is 10.6 Å². The number of carbonyl (C=O) groups is 1. The van der Waals surface area contributed by atoms with E-state index in [0.29, 0.717) is 18.3 Å². The molecule has 1 atom stereocenters. The third kappa shape index (κ3) is 4.62. The number of para-hydroxylation sites is 1. The van der Waals surface area contributed by atoms with Crippen molar-refractivity contribution in [2.45, 2.75) is 17.1 Å². The topological polar surface area (TPSA) is 44.8 Å². The molecule has 2 heterocycles. The van der Waals surface area contributed by atoms with Crippen LogP contribution in [0.25, 0.3) is 0 Å². The Morgan fingerprint density at radius 2 is 2.13 bits per heavy atom. The predicted octanol–water partition coefficient (Wildman–Crippen LogP) is 1.44. The number of fused-ring (bicyclic) bond motifs is 1. The normalized spacial score (nSPS) is 21.8. The summed E-state index contributed by atoms with van der Waals surface area (Å²) in [6.07, 6.45) is 0. The smallest absolute Gasteiger partial charge is 0.239 e. The van der Waals surface area contributed by atoms with Crippen molar-refractivity contribution in [3.05, 3.63) is 24.3 Å². The summed E-state index contributed by atoms with van der Waals surface area (Å²) in [5.41, 5.74) is 1.18. The number of carbonyl (C=O) groups excluding carboxylic acids is 1. The summed E-state index contributed by atoms with van der Waals surface area (Å²) >= 11 is 1.89. The number of rotatable bonds is 5. The minimum absolute atomic E-state index is 0.104. The Hall–Kier alpha value is -1.24. The predicted molar refractivity (Wildman–Crippen MR) is 94.2 cm³/mol. The van der Waals surface area contributed by atoms with Crippen LogP contribution in [0.2, 0.25) is 0 Å². The van der Waals surface area contributed by atoms with Gasteiger partial charge in [-0.1, -0.05) is 19.1 Å². The molecule has 1 amide bonds. The molecule has 0 radical (unpaired) electrons. The van der Waals surface area contributed by atoms with E-state index in [1.807, 2.05) is 17.8 Å². The van der Waals surface area contributed by atoms with Crippen molar-refractivity contribution in [3.63, 3.8) is 0 Å². The summed E-state index contributed by atoms with van der Waals surface area (Å²) in [7, 11) is 0. The Labute approximate surface area is 142 Å². The molecule has 1 aromatic carbocycles. The van der Waals surface area contributed by atoms with Gasteiger partial charge in [-0.25, -0.2) is 0 Å². The number of nitrogens with zero attached hydrogens (tertiary/aromatic N) is 2. The van der Waals surface area contributed by atoms with Crippen LogP contribution in [0.15, 0.2) is 29.2 Å². The minimum Gasteiger partial charge on any atom is -0.379 e. The molecule has 0 bridgehead atoms. The first-order valence-corrected chi connectivity index (χ1v) is 9.18. The monoisotopic (exact) mass is 335 g/mol. The Balaban J connectivity index is 1.48. The molecule has 126 valence electrons. The maximum atomic E-state index is 12.3. The van der Waals surface area contributed by atoms with Gasteiger partial charge in [-0.2, -0.15) is 0 Å². The van der Waals surface area contributed by atoms with Gasteiger partial charge < -0.3 is 15.0 Å². The summed E-state index contributed by atoms with van der Waals surface area (Å²) in [5.74, 6) is 0.104.